The SMILES string of the molecule is Cc1cccc(CNc2cc(N3c4ccccc4CC3C)nc(C)n2)c1. The van der Waals surface area contributed by atoms with E-state index >= 15 is 0 Å². The summed E-state index contributed by atoms with van der Waals surface area (Å²) in [5.74, 6) is 2.61. The number of nitrogens with one attached hydrogen (secondary N) is 1. The van der Waals surface area contributed by atoms with E-state index in [9.17, 15) is 0 Å². The minimum absolute atomic E-state index is 0.395. The molecule has 1 aliphatic rings. The van der Waals surface area contributed by atoms with Crippen molar-refractivity contribution >= 4 is 17.3 Å². The third-order valence-corrected chi connectivity index (χ3v) is 4.83. The van der Waals surface area contributed by atoms with Gasteiger partial charge in [-0.25, -0.2) is 9.97 Å². The zero-order valence-electron chi connectivity index (χ0n) is 15.5. The van der Waals surface area contributed by atoms with Crippen LogP contribution in [0.25, 0.3) is 0 Å². The summed E-state index contributed by atoms with van der Waals surface area (Å²) in [6.07, 6.45) is 1.05. The molecule has 1 N–H and O–H groups in total. The number of hydrogen-bond acceptors (Lipinski definition) is 4. The highest BCUT2D eigenvalue weighted by atomic mass is 15.2. The Morgan fingerprint density at radius 3 is 2.73 bits per heavy atom. The number of nitrogens with zero attached hydrogens (tertiary/aromatic N) is 3. The van der Waals surface area contributed by atoms with Crippen LogP contribution in [-0.2, 0) is 13.0 Å². The molecular weight excluding hydrogens is 320 g/mol. The van der Waals surface area contributed by atoms with E-state index in [1.54, 1.807) is 0 Å². The molecule has 1 aromatic heterocycles. The Kier molecular flexibility index (Phi) is 4.33. The van der Waals surface area contributed by atoms with Crippen LogP contribution >= 0.6 is 0 Å². The molecule has 2 aromatic carbocycles. The molecule has 4 rings (SSSR count). The quantitative estimate of drug-likeness (QED) is 0.739. The van der Waals surface area contributed by atoms with Crippen molar-refractivity contribution in [2.75, 3.05) is 10.2 Å². The second-order valence-electron chi connectivity index (χ2n) is 7.05. The number of rotatable bonds is 4. The molecule has 0 amide bonds. The van der Waals surface area contributed by atoms with Gasteiger partial charge in [-0.1, -0.05) is 48.0 Å². The first-order chi connectivity index (χ1) is 12.6. The average molecular weight is 344 g/mol. The van der Waals surface area contributed by atoms with Crippen LogP contribution in [0.4, 0.5) is 17.3 Å². The van der Waals surface area contributed by atoms with Crippen molar-refractivity contribution in [3.05, 3.63) is 77.1 Å². The van der Waals surface area contributed by atoms with Crippen LogP contribution in [0.5, 0.6) is 0 Å². The third-order valence-electron chi connectivity index (χ3n) is 4.83. The van der Waals surface area contributed by atoms with E-state index in [1.807, 2.05) is 6.92 Å². The molecule has 0 spiro atoms. The number of aromatic nitrogens is 2. The lowest BCUT2D eigenvalue weighted by Gasteiger charge is -2.24. The number of aryl methyl sites for hydroxylation is 2. The van der Waals surface area contributed by atoms with E-state index in [0.717, 1.165) is 30.4 Å². The minimum atomic E-state index is 0.395. The van der Waals surface area contributed by atoms with Gasteiger partial charge in [0.15, 0.2) is 0 Å². The molecule has 132 valence electrons. The summed E-state index contributed by atoms with van der Waals surface area (Å²) in [5.41, 5.74) is 5.15. The lowest BCUT2D eigenvalue weighted by molar-refractivity contribution is 0.747. The lowest BCUT2D eigenvalue weighted by Crippen LogP contribution is -2.25. The molecule has 4 nitrogen and oxygen atoms in total. The smallest absolute Gasteiger partial charge is 0.139 e. The fourth-order valence-electron chi connectivity index (χ4n) is 3.70. The number of benzene rings is 2. The van der Waals surface area contributed by atoms with Gasteiger partial charge in [0.2, 0.25) is 0 Å². The van der Waals surface area contributed by atoms with Crippen molar-refractivity contribution in [3.63, 3.8) is 0 Å². The lowest BCUT2D eigenvalue weighted by atomic mass is 10.1. The molecule has 26 heavy (non-hydrogen) atoms. The fraction of sp³-hybridized carbons (Fsp3) is 0.273. The maximum atomic E-state index is 4.71. The van der Waals surface area contributed by atoms with Gasteiger partial charge in [-0.3, -0.25) is 0 Å². The molecule has 0 bridgehead atoms. The van der Waals surface area contributed by atoms with E-state index in [2.05, 4.69) is 83.6 Å². The zero-order valence-corrected chi connectivity index (χ0v) is 15.5. The Labute approximate surface area is 154 Å². The first-order valence-electron chi connectivity index (χ1n) is 9.12. The minimum Gasteiger partial charge on any atom is -0.366 e. The van der Waals surface area contributed by atoms with Crippen molar-refractivity contribution in [3.8, 4) is 0 Å². The van der Waals surface area contributed by atoms with Crippen LogP contribution in [0.15, 0.2) is 54.6 Å². The molecule has 1 aliphatic heterocycles. The third kappa shape index (κ3) is 3.27. The summed E-state index contributed by atoms with van der Waals surface area (Å²) in [4.78, 5) is 11.6. The molecule has 2 heterocycles. The maximum absolute atomic E-state index is 4.71. The molecule has 3 aromatic rings. The van der Waals surface area contributed by atoms with E-state index in [-0.39, 0.29) is 0 Å². The number of hydrogen-bond donors (Lipinski definition) is 1. The fourth-order valence-corrected chi connectivity index (χ4v) is 3.70. The second kappa shape index (κ2) is 6.79. The van der Waals surface area contributed by atoms with Gasteiger partial charge in [0.05, 0.1) is 0 Å². The monoisotopic (exact) mass is 344 g/mol. The molecule has 0 aliphatic carbocycles. The van der Waals surface area contributed by atoms with Crippen molar-refractivity contribution in [2.45, 2.75) is 39.8 Å². The first kappa shape index (κ1) is 16.6. The van der Waals surface area contributed by atoms with E-state index in [1.165, 1.54) is 22.4 Å². The normalized spacial score (nSPS) is 15.8. The summed E-state index contributed by atoms with van der Waals surface area (Å²) in [6.45, 7) is 7.07. The highest BCUT2D eigenvalue weighted by Crippen LogP contribution is 2.37. The van der Waals surface area contributed by atoms with Gasteiger partial charge >= 0.3 is 0 Å². The topological polar surface area (TPSA) is 41.0 Å². The van der Waals surface area contributed by atoms with Crippen LogP contribution in [-0.4, -0.2) is 16.0 Å². The van der Waals surface area contributed by atoms with Crippen LogP contribution < -0.4 is 10.2 Å². The van der Waals surface area contributed by atoms with Crippen molar-refractivity contribution < 1.29 is 0 Å². The Balaban J connectivity index is 1.61. The number of para-hydroxylation sites is 1. The Morgan fingerprint density at radius 2 is 1.88 bits per heavy atom. The van der Waals surface area contributed by atoms with Gasteiger partial charge < -0.3 is 10.2 Å². The van der Waals surface area contributed by atoms with Crippen LogP contribution in [0, 0.1) is 13.8 Å². The molecule has 4 heteroatoms. The predicted molar refractivity (Wildman–Crippen MR) is 107 cm³/mol. The van der Waals surface area contributed by atoms with E-state index < -0.39 is 0 Å². The highest BCUT2D eigenvalue weighted by Gasteiger charge is 2.28. The molecular formula is C22H24N4. The van der Waals surface area contributed by atoms with Gasteiger partial charge in [-0.05, 0) is 44.4 Å². The van der Waals surface area contributed by atoms with Gasteiger partial charge in [-0.2, -0.15) is 0 Å². The standard InChI is InChI=1S/C22H24N4/c1-15-7-6-8-18(11-15)14-23-21-13-22(25-17(3)24-21)26-16(2)12-19-9-4-5-10-20(19)26/h4-11,13,16H,12,14H2,1-3H3,(H,23,24,25). The molecule has 1 atom stereocenters. The van der Waals surface area contributed by atoms with Crippen molar-refractivity contribution in [1.82, 2.24) is 9.97 Å². The number of anilines is 3. The maximum Gasteiger partial charge on any atom is 0.139 e. The van der Waals surface area contributed by atoms with E-state index in [4.69, 9.17) is 4.98 Å². The Bertz CT molecular complexity index is 935. The molecule has 0 radical (unpaired) electrons. The van der Waals surface area contributed by atoms with Crippen LogP contribution in [0.1, 0.15) is 29.4 Å². The summed E-state index contributed by atoms with van der Waals surface area (Å²) in [5, 5.41) is 3.45. The zero-order chi connectivity index (χ0) is 18.1. The summed E-state index contributed by atoms with van der Waals surface area (Å²) >= 11 is 0. The summed E-state index contributed by atoms with van der Waals surface area (Å²) in [7, 11) is 0. The van der Waals surface area contributed by atoms with Gasteiger partial charge in [-0.15, -0.1) is 0 Å². The molecule has 0 saturated heterocycles. The van der Waals surface area contributed by atoms with Crippen molar-refractivity contribution in [2.24, 2.45) is 0 Å². The van der Waals surface area contributed by atoms with Crippen molar-refractivity contribution in [1.29, 1.82) is 0 Å². The molecule has 1 unspecified atom stereocenters. The van der Waals surface area contributed by atoms with Crippen LogP contribution in [0.2, 0.25) is 0 Å². The van der Waals surface area contributed by atoms with E-state index in [0.29, 0.717) is 6.04 Å². The molecule has 0 fully saturated rings. The summed E-state index contributed by atoms with van der Waals surface area (Å²) < 4.78 is 0. The summed E-state index contributed by atoms with van der Waals surface area (Å²) in [6, 6.07) is 19.6. The average Bonchev–Trinajstić information content (AvgIpc) is 2.95. The Morgan fingerprint density at radius 1 is 1.04 bits per heavy atom. The van der Waals surface area contributed by atoms with Gasteiger partial charge in [0.1, 0.15) is 17.5 Å². The Hall–Kier alpha value is -2.88. The molecule has 0 saturated carbocycles. The second-order valence-corrected chi connectivity index (χ2v) is 7.05. The highest BCUT2D eigenvalue weighted by molar-refractivity contribution is 5.70. The first-order valence-corrected chi connectivity index (χ1v) is 9.12. The van der Waals surface area contributed by atoms with Gasteiger partial charge in [0, 0.05) is 24.3 Å². The number of fused-ring (bicyclic) bond motifs is 1. The predicted octanol–water partition coefficient (Wildman–Crippen LogP) is 4.79. The van der Waals surface area contributed by atoms with Gasteiger partial charge in [0.25, 0.3) is 0 Å². The largest absolute Gasteiger partial charge is 0.366 e. The van der Waals surface area contributed by atoms with Crippen LogP contribution in [0.3, 0.4) is 0 Å².